The van der Waals surface area contributed by atoms with Crippen LogP contribution in [0.4, 0.5) is 27.8 Å². The zero-order chi connectivity index (χ0) is 30.0. The Morgan fingerprint density at radius 1 is 1.17 bits per heavy atom. The molecule has 2 aliphatic heterocycles. The zero-order valence-corrected chi connectivity index (χ0v) is 25.4. The van der Waals surface area contributed by atoms with E-state index in [0.717, 1.165) is 22.2 Å². The predicted octanol–water partition coefficient (Wildman–Crippen LogP) is 3.47. The van der Waals surface area contributed by atoms with Crippen molar-refractivity contribution < 1.29 is 22.7 Å². The van der Waals surface area contributed by atoms with Gasteiger partial charge in [0.15, 0.2) is 0 Å². The third kappa shape index (κ3) is 6.42. The molecule has 0 aliphatic carbocycles. The van der Waals surface area contributed by atoms with Gasteiger partial charge in [-0.05, 0) is 42.3 Å². The Morgan fingerprint density at radius 3 is 2.67 bits per heavy atom. The van der Waals surface area contributed by atoms with Gasteiger partial charge >= 0.3 is 0 Å². The maximum Gasteiger partial charge on any atom is 0.227 e. The SMILES string of the molecule is CCS(=O)(=O)C[C@H]1CN(c2ncc(C(C)C)c3cc(Nc4ccnc(N5CC[C@H](OCCO)[C@H](F)C5)n4)ncc23)[C@@H]1C. The van der Waals surface area contributed by atoms with Crippen LogP contribution in [-0.2, 0) is 14.6 Å². The number of nitrogens with zero attached hydrogens (tertiary/aromatic N) is 6. The number of hydrogen-bond donors (Lipinski definition) is 2. The normalized spacial score (nSPS) is 22.9. The van der Waals surface area contributed by atoms with E-state index in [1.54, 1.807) is 24.1 Å². The van der Waals surface area contributed by atoms with Crippen molar-refractivity contribution in [2.45, 2.75) is 58.4 Å². The molecule has 3 aromatic heterocycles. The van der Waals surface area contributed by atoms with Gasteiger partial charge in [0.05, 0.1) is 31.6 Å². The van der Waals surface area contributed by atoms with E-state index in [-0.39, 0.29) is 49.1 Å². The molecule has 0 aromatic carbocycles. The highest BCUT2D eigenvalue weighted by Gasteiger charge is 2.39. The molecule has 5 heterocycles. The first kappa shape index (κ1) is 30.3. The van der Waals surface area contributed by atoms with Crippen LogP contribution in [0.3, 0.4) is 0 Å². The maximum absolute atomic E-state index is 14.7. The average Bonchev–Trinajstić information content (AvgIpc) is 2.98. The third-order valence-electron chi connectivity index (χ3n) is 8.28. The van der Waals surface area contributed by atoms with Crippen molar-refractivity contribution in [3.05, 3.63) is 36.3 Å². The second-order valence-corrected chi connectivity index (χ2v) is 13.8. The number of halogens is 1. The summed E-state index contributed by atoms with van der Waals surface area (Å²) in [7, 11) is -3.05. The van der Waals surface area contributed by atoms with E-state index >= 15 is 0 Å². The molecule has 11 nitrogen and oxygen atoms in total. The summed E-state index contributed by atoms with van der Waals surface area (Å²) in [6.07, 6.45) is 4.08. The first-order chi connectivity index (χ1) is 20.1. The monoisotopic (exact) mass is 601 g/mol. The van der Waals surface area contributed by atoms with E-state index in [1.807, 2.05) is 18.5 Å². The summed E-state index contributed by atoms with van der Waals surface area (Å²) in [6, 6.07) is 3.79. The number of aliphatic hydroxyl groups is 1. The minimum atomic E-state index is -3.05. The lowest BCUT2D eigenvalue weighted by Gasteiger charge is -2.47. The summed E-state index contributed by atoms with van der Waals surface area (Å²) in [4.78, 5) is 22.4. The molecule has 2 fully saturated rings. The van der Waals surface area contributed by atoms with E-state index in [4.69, 9.17) is 14.8 Å². The molecule has 4 atom stereocenters. The minimum absolute atomic E-state index is 0.0550. The van der Waals surface area contributed by atoms with Gasteiger partial charge in [0.2, 0.25) is 5.95 Å². The van der Waals surface area contributed by atoms with E-state index in [0.29, 0.717) is 37.1 Å². The van der Waals surface area contributed by atoms with E-state index in [2.05, 4.69) is 45.9 Å². The molecule has 228 valence electrons. The second kappa shape index (κ2) is 12.6. The van der Waals surface area contributed by atoms with Gasteiger partial charge in [-0.2, -0.15) is 4.98 Å². The van der Waals surface area contributed by atoms with Crippen LogP contribution in [0.5, 0.6) is 0 Å². The maximum atomic E-state index is 14.7. The van der Waals surface area contributed by atoms with Gasteiger partial charge in [-0.3, -0.25) is 0 Å². The Bertz CT molecular complexity index is 1510. The van der Waals surface area contributed by atoms with Gasteiger partial charge in [0.1, 0.15) is 33.5 Å². The summed E-state index contributed by atoms with van der Waals surface area (Å²) in [5.41, 5.74) is 1.08. The van der Waals surface area contributed by atoms with Crippen molar-refractivity contribution in [2.24, 2.45) is 5.92 Å². The molecule has 0 bridgehead atoms. The van der Waals surface area contributed by atoms with Crippen LogP contribution >= 0.6 is 0 Å². The molecule has 0 unspecified atom stereocenters. The van der Waals surface area contributed by atoms with Crippen LogP contribution in [-0.4, -0.2) is 96.1 Å². The molecule has 0 saturated carbocycles. The van der Waals surface area contributed by atoms with Crippen LogP contribution in [0.1, 0.15) is 45.6 Å². The van der Waals surface area contributed by atoms with Crippen molar-refractivity contribution in [3.8, 4) is 0 Å². The second-order valence-electron chi connectivity index (χ2n) is 11.4. The highest BCUT2D eigenvalue weighted by Crippen LogP contribution is 2.38. The molecule has 2 N–H and O–H groups in total. The number of alkyl halides is 1. The van der Waals surface area contributed by atoms with Crippen LogP contribution in [0, 0.1) is 5.92 Å². The van der Waals surface area contributed by atoms with E-state index in [1.165, 1.54) is 0 Å². The molecular formula is C29H40FN7O4S. The zero-order valence-electron chi connectivity index (χ0n) is 24.6. The van der Waals surface area contributed by atoms with Crippen LogP contribution in [0.15, 0.2) is 30.7 Å². The number of pyridine rings is 2. The van der Waals surface area contributed by atoms with Gasteiger partial charge in [-0.15, -0.1) is 0 Å². The quantitative estimate of drug-likeness (QED) is 0.335. The van der Waals surface area contributed by atoms with Gasteiger partial charge in [0, 0.05) is 54.8 Å². The lowest BCUT2D eigenvalue weighted by molar-refractivity contribution is -0.0262. The van der Waals surface area contributed by atoms with Crippen LogP contribution < -0.4 is 15.1 Å². The number of piperidine rings is 1. The lowest BCUT2D eigenvalue weighted by atomic mass is 9.90. The molecule has 2 aliphatic rings. The third-order valence-corrected chi connectivity index (χ3v) is 10.1. The van der Waals surface area contributed by atoms with Crippen molar-refractivity contribution in [1.29, 1.82) is 0 Å². The van der Waals surface area contributed by atoms with E-state index < -0.39 is 22.1 Å². The van der Waals surface area contributed by atoms with Crippen molar-refractivity contribution in [3.63, 3.8) is 0 Å². The Hall–Kier alpha value is -3.16. The molecule has 2 saturated heterocycles. The molecule has 3 aromatic rings. The standard InChI is InChI=1S/C29H40FN7O4S/c1-5-42(39,40)17-20-15-37(19(20)4)28-23-14-32-27(12-21(23)22(13-33-28)18(2)3)34-26-6-8-31-29(35-26)36-9-7-25(24(30)16-36)41-11-10-38/h6,8,12-14,18-20,24-25,38H,5,7,9-11,15-17H2,1-4H3,(H,31,32,34,35)/t19-,20-,24-,25+/m1/s1. The Morgan fingerprint density at radius 2 is 1.98 bits per heavy atom. The smallest absolute Gasteiger partial charge is 0.227 e. The van der Waals surface area contributed by atoms with E-state index in [9.17, 15) is 12.8 Å². The number of hydrogen-bond acceptors (Lipinski definition) is 11. The lowest BCUT2D eigenvalue weighted by Crippen LogP contribution is -2.57. The number of rotatable bonds is 11. The largest absolute Gasteiger partial charge is 0.394 e. The fourth-order valence-electron chi connectivity index (χ4n) is 5.66. The molecule has 0 amide bonds. The molecule has 42 heavy (non-hydrogen) atoms. The molecule has 13 heteroatoms. The van der Waals surface area contributed by atoms with Gasteiger partial charge in [0.25, 0.3) is 0 Å². The number of nitrogens with one attached hydrogen (secondary N) is 1. The van der Waals surface area contributed by atoms with Gasteiger partial charge < -0.3 is 25.0 Å². The summed E-state index contributed by atoms with van der Waals surface area (Å²) >= 11 is 0. The topological polar surface area (TPSA) is 134 Å². The number of sulfone groups is 1. The van der Waals surface area contributed by atoms with Gasteiger partial charge in [-0.25, -0.2) is 27.8 Å². The number of anilines is 4. The van der Waals surface area contributed by atoms with Crippen molar-refractivity contribution in [2.75, 3.05) is 59.5 Å². The first-order valence-electron chi connectivity index (χ1n) is 14.6. The summed E-state index contributed by atoms with van der Waals surface area (Å²) in [6.45, 7) is 9.26. The predicted molar refractivity (Wildman–Crippen MR) is 162 cm³/mol. The molecule has 0 radical (unpaired) electrons. The Kier molecular flexibility index (Phi) is 9.09. The summed E-state index contributed by atoms with van der Waals surface area (Å²) < 4.78 is 44.5. The number of aromatic nitrogens is 4. The highest BCUT2D eigenvalue weighted by molar-refractivity contribution is 7.91. The Balaban J connectivity index is 1.35. The molecule has 0 spiro atoms. The van der Waals surface area contributed by atoms with Crippen LogP contribution in [0.2, 0.25) is 0 Å². The summed E-state index contributed by atoms with van der Waals surface area (Å²) in [5, 5.41) is 14.2. The van der Waals surface area contributed by atoms with Crippen molar-refractivity contribution in [1.82, 2.24) is 19.9 Å². The minimum Gasteiger partial charge on any atom is -0.394 e. The van der Waals surface area contributed by atoms with Crippen LogP contribution in [0.25, 0.3) is 10.8 Å². The average molecular weight is 602 g/mol. The fraction of sp³-hybridized carbons (Fsp3) is 0.586. The first-order valence-corrected chi connectivity index (χ1v) is 16.4. The highest BCUT2D eigenvalue weighted by atomic mass is 32.2. The summed E-state index contributed by atoms with van der Waals surface area (Å²) in [5.74, 6) is 3.02. The van der Waals surface area contributed by atoms with Gasteiger partial charge in [-0.1, -0.05) is 20.8 Å². The van der Waals surface area contributed by atoms with Crippen molar-refractivity contribution >= 4 is 44.0 Å². The Labute approximate surface area is 246 Å². The fourth-order valence-corrected chi connectivity index (χ4v) is 6.93. The molecular weight excluding hydrogens is 561 g/mol. The molecule has 5 rings (SSSR count). The number of ether oxygens (including phenoxy) is 1. The number of fused-ring (bicyclic) bond motifs is 1. The number of aliphatic hydroxyl groups excluding tert-OH is 1.